The fourth-order valence-corrected chi connectivity index (χ4v) is 1.51. The molecule has 1 rings (SSSR count). The van der Waals surface area contributed by atoms with Crippen molar-refractivity contribution in [3.8, 4) is 0 Å². The third kappa shape index (κ3) is 6.66. The molecule has 0 bridgehead atoms. The van der Waals surface area contributed by atoms with Gasteiger partial charge in [0.1, 0.15) is 0 Å². The number of ketones is 1. The predicted molar refractivity (Wildman–Crippen MR) is 92.1 cm³/mol. The van der Waals surface area contributed by atoms with E-state index in [1.54, 1.807) is 24.3 Å². The second kappa shape index (κ2) is 12.8. The fraction of sp³-hybridized carbons (Fsp3) is 0.263. The molecule has 0 atom stereocenters. The van der Waals surface area contributed by atoms with E-state index in [0.717, 1.165) is 5.56 Å². The van der Waals surface area contributed by atoms with Gasteiger partial charge in [0.05, 0.1) is 0 Å². The van der Waals surface area contributed by atoms with Crippen LogP contribution in [-0.2, 0) is 0 Å². The monoisotopic (exact) mass is 286 g/mol. The van der Waals surface area contributed by atoms with E-state index >= 15 is 0 Å². The molecular formula is C19H26O2. The molecule has 2 heteroatoms. The first kappa shape index (κ1) is 21.1. The summed E-state index contributed by atoms with van der Waals surface area (Å²) in [5.74, 6) is -0.220. The molecule has 1 aromatic carbocycles. The fourth-order valence-electron chi connectivity index (χ4n) is 1.51. The van der Waals surface area contributed by atoms with Crippen LogP contribution in [0.15, 0.2) is 55.2 Å². The highest BCUT2D eigenvalue weighted by Gasteiger charge is 2.13. The van der Waals surface area contributed by atoms with Crippen molar-refractivity contribution in [1.29, 1.82) is 0 Å². The van der Waals surface area contributed by atoms with E-state index in [4.69, 9.17) is 0 Å². The average Bonchev–Trinajstić information content (AvgIpc) is 2.55. The Hall–Kier alpha value is -2.22. The van der Waals surface area contributed by atoms with E-state index in [1.165, 1.54) is 12.2 Å². The van der Waals surface area contributed by atoms with Crippen LogP contribution < -0.4 is 0 Å². The minimum Gasteiger partial charge on any atom is -0.298 e. The quantitative estimate of drug-likeness (QED) is 0.317. The van der Waals surface area contributed by atoms with E-state index in [2.05, 4.69) is 13.2 Å². The molecule has 0 spiro atoms. The highest BCUT2D eigenvalue weighted by molar-refractivity contribution is 6.14. The van der Waals surface area contributed by atoms with Crippen LogP contribution in [0.5, 0.6) is 0 Å². The maximum Gasteiger partial charge on any atom is 0.193 e. The molecular weight excluding hydrogens is 260 g/mol. The van der Waals surface area contributed by atoms with Gasteiger partial charge in [-0.25, -0.2) is 0 Å². The zero-order valence-corrected chi connectivity index (χ0v) is 13.8. The second-order valence-electron chi connectivity index (χ2n) is 3.60. The number of rotatable bonds is 5. The average molecular weight is 286 g/mol. The van der Waals surface area contributed by atoms with Gasteiger partial charge in [0.25, 0.3) is 0 Å². The number of Topliss-reactive ketones (excluding diaryl/α,β-unsaturated/α-hetero) is 1. The minimum atomic E-state index is -0.220. The zero-order chi connectivity index (χ0) is 16.8. The van der Waals surface area contributed by atoms with Gasteiger partial charge in [-0.2, -0.15) is 0 Å². The molecule has 2 nitrogen and oxygen atoms in total. The van der Waals surface area contributed by atoms with Crippen LogP contribution in [0, 0.1) is 6.92 Å². The largest absolute Gasteiger partial charge is 0.298 e. The standard InChI is InChI=1S/C15H14O2.2C2H6/c1-4-6-12(5-2)15(17)14-8-7-11(3)9-13(14)10-16;2*1-2/h4-10H,1-2H2,3H3;2*1-2H3/b12-6+;;. The Bertz CT molecular complexity index is 508. The molecule has 0 heterocycles. The summed E-state index contributed by atoms with van der Waals surface area (Å²) in [4.78, 5) is 23.0. The van der Waals surface area contributed by atoms with Gasteiger partial charge in [-0.05, 0) is 13.0 Å². The van der Waals surface area contributed by atoms with Crippen LogP contribution in [0.1, 0.15) is 54.0 Å². The number of carbonyl (C=O) groups excluding carboxylic acids is 2. The Balaban J connectivity index is 0. The Morgan fingerprint density at radius 1 is 1.10 bits per heavy atom. The molecule has 0 N–H and O–H groups in total. The van der Waals surface area contributed by atoms with Crippen molar-refractivity contribution in [3.63, 3.8) is 0 Å². The molecule has 0 aliphatic carbocycles. The van der Waals surface area contributed by atoms with Gasteiger partial charge < -0.3 is 0 Å². The first-order valence-corrected chi connectivity index (χ1v) is 7.19. The van der Waals surface area contributed by atoms with Gasteiger partial charge >= 0.3 is 0 Å². The lowest BCUT2D eigenvalue weighted by Crippen LogP contribution is -2.05. The third-order valence-corrected chi connectivity index (χ3v) is 2.36. The molecule has 0 saturated carbocycles. The van der Waals surface area contributed by atoms with Crippen molar-refractivity contribution in [2.24, 2.45) is 0 Å². The number of hydrogen-bond acceptors (Lipinski definition) is 2. The Morgan fingerprint density at radius 3 is 2.10 bits per heavy atom. The maximum atomic E-state index is 12.1. The van der Waals surface area contributed by atoms with Crippen molar-refractivity contribution < 1.29 is 9.59 Å². The summed E-state index contributed by atoms with van der Waals surface area (Å²) >= 11 is 0. The molecule has 0 aliphatic rings. The minimum absolute atomic E-state index is 0.220. The van der Waals surface area contributed by atoms with Gasteiger partial charge in [-0.3, -0.25) is 9.59 Å². The molecule has 0 fully saturated rings. The Morgan fingerprint density at radius 2 is 1.67 bits per heavy atom. The summed E-state index contributed by atoms with van der Waals surface area (Å²) in [6.45, 7) is 17.0. The van der Waals surface area contributed by atoms with Crippen molar-refractivity contribution in [3.05, 3.63) is 71.8 Å². The molecule has 0 unspecified atom stereocenters. The second-order valence-corrected chi connectivity index (χ2v) is 3.60. The molecule has 0 amide bonds. The van der Waals surface area contributed by atoms with Crippen molar-refractivity contribution in [2.75, 3.05) is 0 Å². The number of aldehydes is 1. The molecule has 0 saturated heterocycles. The zero-order valence-electron chi connectivity index (χ0n) is 13.8. The van der Waals surface area contributed by atoms with Gasteiger partial charge in [0.2, 0.25) is 0 Å². The van der Waals surface area contributed by atoms with Crippen LogP contribution in [0.25, 0.3) is 0 Å². The lowest BCUT2D eigenvalue weighted by atomic mass is 9.97. The lowest BCUT2D eigenvalue weighted by molar-refractivity contribution is 0.102. The van der Waals surface area contributed by atoms with Gasteiger partial charge in [0, 0.05) is 16.7 Å². The van der Waals surface area contributed by atoms with Gasteiger partial charge in [-0.15, -0.1) is 0 Å². The number of benzene rings is 1. The van der Waals surface area contributed by atoms with Crippen molar-refractivity contribution in [1.82, 2.24) is 0 Å². The summed E-state index contributed by atoms with van der Waals surface area (Å²) in [6, 6.07) is 5.14. The summed E-state index contributed by atoms with van der Waals surface area (Å²) in [5, 5.41) is 0. The highest BCUT2D eigenvalue weighted by atomic mass is 16.1. The van der Waals surface area contributed by atoms with E-state index < -0.39 is 0 Å². The number of hydrogen-bond donors (Lipinski definition) is 0. The van der Waals surface area contributed by atoms with Crippen LogP contribution in [0.3, 0.4) is 0 Å². The van der Waals surface area contributed by atoms with E-state index in [1.807, 2.05) is 34.6 Å². The number of aryl methyl sites for hydroxylation is 1. The van der Waals surface area contributed by atoms with Gasteiger partial charge in [0.15, 0.2) is 12.1 Å². The first-order valence-electron chi connectivity index (χ1n) is 7.19. The molecule has 0 radical (unpaired) electrons. The van der Waals surface area contributed by atoms with Gasteiger partial charge in [-0.1, -0.05) is 76.8 Å². The molecule has 21 heavy (non-hydrogen) atoms. The van der Waals surface area contributed by atoms with Crippen LogP contribution in [0.2, 0.25) is 0 Å². The molecule has 0 aliphatic heterocycles. The van der Waals surface area contributed by atoms with Crippen LogP contribution >= 0.6 is 0 Å². The summed E-state index contributed by atoms with van der Waals surface area (Å²) in [5.41, 5.74) is 2.15. The van der Waals surface area contributed by atoms with E-state index in [0.29, 0.717) is 23.0 Å². The normalized spacial score (nSPS) is 9.29. The molecule has 1 aromatic rings. The Labute approximate surface area is 128 Å². The lowest BCUT2D eigenvalue weighted by Gasteiger charge is -2.05. The number of allylic oxidation sites excluding steroid dienone is 4. The summed E-state index contributed by atoms with van der Waals surface area (Å²) in [7, 11) is 0. The third-order valence-electron chi connectivity index (χ3n) is 2.36. The topological polar surface area (TPSA) is 34.1 Å². The molecule has 114 valence electrons. The summed E-state index contributed by atoms with van der Waals surface area (Å²) in [6.07, 6.45) is 5.24. The summed E-state index contributed by atoms with van der Waals surface area (Å²) < 4.78 is 0. The SMILES string of the molecule is C=C/C=C(\C=C)C(=O)c1ccc(C)cc1C=O.CC.CC. The predicted octanol–water partition coefficient (Wildman–Crippen LogP) is 5.34. The first-order chi connectivity index (χ1) is 10.1. The smallest absolute Gasteiger partial charge is 0.193 e. The maximum absolute atomic E-state index is 12.1. The van der Waals surface area contributed by atoms with Crippen molar-refractivity contribution in [2.45, 2.75) is 34.6 Å². The van der Waals surface area contributed by atoms with E-state index in [9.17, 15) is 9.59 Å². The van der Waals surface area contributed by atoms with Crippen LogP contribution in [0.4, 0.5) is 0 Å². The van der Waals surface area contributed by atoms with Crippen molar-refractivity contribution >= 4 is 12.1 Å². The highest BCUT2D eigenvalue weighted by Crippen LogP contribution is 2.15. The van der Waals surface area contributed by atoms with Crippen LogP contribution in [-0.4, -0.2) is 12.1 Å². The number of carbonyl (C=O) groups is 2. The Kier molecular flexibility index (Phi) is 12.8. The molecule has 0 aromatic heterocycles. The van der Waals surface area contributed by atoms with E-state index in [-0.39, 0.29) is 5.78 Å².